The first-order valence-corrected chi connectivity index (χ1v) is 4.73. The highest BCUT2D eigenvalue weighted by molar-refractivity contribution is 9.10. The number of halogens is 2. The Morgan fingerprint density at radius 2 is 2.21 bits per heavy atom. The second-order valence-corrected chi connectivity index (χ2v) is 3.80. The Hall–Kier alpha value is -1.23. The predicted octanol–water partition coefficient (Wildman–Crippen LogP) is 2.13. The summed E-state index contributed by atoms with van der Waals surface area (Å²) in [6.07, 6.45) is 0. The van der Waals surface area contributed by atoms with Crippen LogP contribution in [0.2, 0.25) is 0 Å². The van der Waals surface area contributed by atoms with Crippen LogP contribution in [-0.2, 0) is 0 Å². The molecule has 0 spiro atoms. The van der Waals surface area contributed by atoms with E-state index in [4.69, 9.17) is 0 Å². The molecule has 1 aromatic carbocycles. The molecule has 0 fully saturated rings. The lowest BCUT2D eigenvalue weighted by molar-refractivity contribution is 0.623. The minimum atomic E-state index is -0.450. The first-order chi connectivity index (χ1) is 6.59. The van der Waals surface area contributed by atoms with Gasteiger partial charge in [-0.05, 0) is 35.0 Å². The number of hydrogen-bond acceptors (Lipinski definition) is 2. The summed E-state index contributed by atoms with van der Waals surface area (Å²) in [5.74, 6) is -0.450. The fourth-order valence-corrected chi connectivity index (χ4v) is 1.56. The molecule has 5 heteroatoms. The quantitative estimate of drug-likeness (QED) is 0.785. The molecule has 0 bridgehead atoms. The molecule has 0 aliphatic carbocycles. The Balaban J connectivity index is 2.97. The molecule has 0 radical (unpaired) electrons. The van der Waals surface area contributed by atoms with Gasteiger partial charge in [-0.3, -0.25) is 9.89 Å². The highest BCUT2D eigenvalue weighted by Crippen LogP contribution is 2.19. The fraction of sp³-hybridized carbons (Fsp3) is 0.111. The van der Waals surface area contributed by atoms with Crippen molar-refractivity contribution in [2.45, 2.75) is 6.92 Å². The number of aromatic amines is 1. The van der Waals surface area contributed by atoms with Crippen molar-refractivity contribution in [1.82, 2.24) is 10.2 Å². The second-order valence-electron chi connectivity index (χ2n) is 2.95. The third-order valence-electron chi connectivity index (χ3n) is 1.98. The van der Waals surface area contributed by atoms with Gasteiger partial charge in [0.05, 0.1) is 15.4 Å². The van der Waals surface area contributed by atoms with E-state index in [-0.39, 0.29) is 5.43 Å². The third kappa shape index (κ3) is 1.33. The average molecular weight is 257 g/mol. The summed E-state index contributed by atoms with van der Waals surface area (Å²) in [6, 6.07) is 2.70. The zero-order valence-corrected chi connectivity index (χ0v) is 8.85. The Morgan fingerprint density at radius 3 is 2.93 bits per heavy atom. The van der Waals surface area contributed by atoms with Crippen LogP contribution < -0.4 is 5.43 Å². The molecule has 0 aliphatic rings. The molecular formula is C9H6BrFN2O. The average Bonchev–Trinajstić information content (AvgIpc) is 2.15. The maximum Gasteiger partial charge on any atom is 0.210 e. The van der Waals surface area contributed by atoms with Gasteiger partial charge in [0.25, 0.3) is 0 Å². The lowest BCUT2D eigenvalue weighted by Gasteiger charge is -2.00. The molecule has 0 amide bonds. The van der Waals surface area contributed by atoms with Crippen molar-refractivity contribution in [2.75, 3.05) is 0 Å². The van der Waals surface area contributed by atoms with Crippen LogP contribution in [0.1, 0.15) is 5.69 Å². The zero-order chi connectivity index (χ0) is 10.3. The number of benzene rings is 1. The second kappa shape index (κ2) is 3.16. The van der Waals surface area contributed by atoms with E-state index in [2.05, 4.69) is 26.1 Å². The van der Waals surface area contributed by atoms with Crippen molar-refractivity contribution < 1.29 is 4.39 Å². The molecule has 72 valence electrons. The summed E-state index contributed by atoms with van der Waals surface area (Å²) >= 11 is 3.03. The first kappa shape index (κ1) is 9.33. The standard InChI is InChI=1S/C9H6BrFN2O/c1-4-9(14)5-2-7(11)6(10)3-8(5)13-12-4/h2-3H,1H3,(H,13,14). The van der Waals surface area contributed by atoms with Crippen LogP contribution in [0.25, 0.3) is 10.9 Å². The van der Waals surface area contributed by atoms with E-state index in [1.807, 2.05) is 0 Å². The highest BCUT2D eigenvalue weighted by Gasteiger charge is 2.07. The van der Waals surface area contributed by atoms with Gasteiger partial charge in [0.2, 0.25) is 5.43 Å². The molecule has 14 heavy (non-hydrogen) atoms. The number of H-pyrrole nitrogens is 1. The normalized spacial score (nSPS) is 10.8. The number of aromatic nitrogens is 2. The van der Waals surface area contributed by atoms with Gasteiger partial charge < -0.3 is 0 Å². The van der Waals surface area contributed by atoms with Crippen LogP contribution in [0.3, 0.4) is 0 Å². The number of hydrogen-bond donors (Lipinski definition) is 1. The lowest BCUT2D eigenvalue weighted by Crippen LogP contribution is -2.09. The van der Waals surface area contributed by atoms with E-state index in [9.17, 15) is 9.18 Å². The summed E-state index contributed by atoms with van der Waals surface area (Å²) in [7, 11) is 0. The Labute approximate surface area is 87.1 Å². The number of rotatable bonds is 0. The maximum absolute atomic E-state index is 13.1. The minimum Gasteiger partial charge on any atom is -0.287 e. The molecule has 2 aromatic rings. The molecule has 0 saturated carbocycles. The van der Waals surface area contributed by atoms with Crippen LogP contribution >= 0.6 is 15.9 Å². The first-order valence-electron chi connectivity index (χ1n) is 3.93. The molecule has 0 saturated heterocycles. The molecule has 2 rings (SSSR count). The summed E-state index contributed by atoms with van der Waals surface area (Å²) in [6.45, 7) is 1.58. The van der Waals surface area contributed by atoms with E-state index in [0.29, 0.717) is 21.1 Å². The fourth-order valence-electron chi connectivity index (χ4n) is 1.22. The molecule has 1 aromatic heterocycles. The largest absolute Gasteiger partial charge is 0.287 e. The molecule has 1 N–H and O–H groups in total. The van der Waals surface area contributed by atoms with Crippen molar-refractivity contribution in [2.24, 2.45) is 0 Å². The van der Waals surface area contributed by atoms with Crippen molar-refractivity contribution in [1.29, 1.82) is 0 Å². The Kier molecular flexibility index (Phi) is 2.11. The lowest BCUT2D eigenvalue weighted by atomic mass is 10.2. The maximum atomic E-state index is 13.1. The van der Waals surface area contributed by atoms with Crippen LogP contribution in [-0.4, -0.2) is 10.2 Å². The molecule has 0 atom stereocenters. The summed E-state index contributed by atoms with van der Waals surface area (Å²) in [5.41, 5.74) is 0.609. The topological polar surface area (TPSA) is 45.8 Å². The SMILES string of the molecule is Cc1n[nH]c2cc(Br)c(F)cc2c1=O. The van der Waals surface area contributed by atoms with E-state index >= 15 is 0 Å². The Bertz CT molecular complexity index is 564. The number of fused-ring (bicyclic) bond motifs is 1. The monoisotopic (exact) mass is 256 g/mol. The van der Waals surface area contributed by atoms with Gasteiger partial charge in [-0.25, -0.2) is 4.39 Å². The van der Waals surface area contributed by atoms with E-state index in [1.54, 1.807) is 6.92 Å². The van der Waals surface area contributed by atoms with Gasteiger partial charge in [-0.1, -0.05) is 0 Å². The minimum absolute atomic E-state index is 0.245. The van der Waals surface area contributed by atoms with Crippen LogP contribution in [0, 0.1) is 12.7 Å². The molecule has 1 heterocycles. The van der Waals surface area contributed by atoms with Gasteiger partial charge in [-0.15, -0.1) is 0 Å². The summed E-state index contributed by atoms with van der Waals surface area (Å²) in [4.78, 5) is 11.5. The molecule has 0 unspecified atom stereocenters. The zero-order valence-electron chi connectivity index (χ0n) is 7.27. The summed E-state index contributed by atoms with van der Waals surface area (Å²) < 4.78 is 13.5. The van der Waals surface area contributed by atoms with Gasteiger partial charge >= 0.3 is 0 Å². The van der Waals surface area contributed by atoms with Crippen LogP contribution in [0.4, 0.5) is 4.39 Å². The third-order valence-corrected chi connectivity index (χ3v) is 2.59. The van der Waals surface area contributed by atoms with Gasteiger partial charge in [0.1, 0.15) is 11.5 Å². The smallest absolute Gasteiger partial charge is 0.210 e. The van der Waals surface area contributed by atoms with Crippen molar-refractivity contribution >= 4 is 26.8 Å². The Morgan fingerprint density at radius 1 is 1.50 bits per heavy atom. The number of nitrogens with zero attached hydrogens (tertiary/aromatic N) is 1. The van der Waals surface area contributed by atoms with Gasteiger partial charge in [0.15, 0.2) is 0 Å². The van der Waals surface area contributed by atoms with Gasteiger partial charge in [-0.2, -0.15) is 5.10 Å². The van der Waals surface area contributed by atoms with Crippen LogP contribution in [0.5, 0.6) is 0 Å². The molecular weight excluding hydrogens is 251 g/mol. The van der Waals surface area contributed by atoms with Crippen molar-refractivity contribution in [3.63, 3.8) is 0 Å². The van der Waals surface area contributed by atoms with Crippen LogP contribution in [0.15, 0.2) is 21.4 Å². The van der Waals surface area contributed by atoms with Gasteiger partial charge in [0, 0.05) is 0 Å². The van der Waals surface area contributed by atoms with E-state index in [0.717, 1.165) is 0 Å². The van der Waals surface area contributed by atoms with Crippen molar-refractivity contribution in [3.8, 4) is 0 Å². The number of nitrogens with one attached hydrogen (secondary N) is 1. The van der Waals surface area contributed by atoms with E-state index < -0.39 is 5.82 Å². The number of aryl methyl sites for hydroxylation is 1. The molecule has 3 nitrogen and oxygen atoms in total. The summed E-state index contributed by atoms with van der Waals surface area (Å²) in [5, 5.41) is 6.80. The predicted molar refractivity (Wildman–Crippen MR) is 54.8 cm³/mol. The van der Waals surface area contributed by atoms with Crippen molar-refractivity contribution in [3.05, 3.63) is 38.3 Å². The highest BCUT2D eigenvalue weighted by atomic mass is 79.9. The molecule has 0 aliphatic heterocycles. The van der Waals surface area contributed by atoms with E-state index in [1.165, 1.54) is 12.1 Å².